The summed E-state index contributed by atoms with van der Waals surface area (Å²) in [7, 11) is 0. The Balaban J connectivity index is 2.17. The molecule has 0 N–H and O–H groups in total. The third-order valence-corrected chi connectivity index (χ3v) is 3.61. The van der Waals surface area contributed by atoms with Gasteiger partial charge in [-0.05, 0) is 30.5 Å². The third-order valence-electron chi connectivity index (χ3n) is 3.61. The van der Waals surface area contributed by atoms with Crippen molar-refractivity contribution >= 4 is 0 Å². The van der Waals surface area contributed by atoms with Crippen LogP contribution in [-0.4, -0.2) is 6.10 Å². The molecule has 1 unspecified atom stereocenters. The molecule has 1 aliphatic rings. The molecule has 1 heterocycles. The summed E-state index contributed by atoms with van der Waals surface area (Å²) >= 11 is 0. The van der Waals surface area contributed by atoms with Crippen molar-refractivity contribution in [2.24, 2.45) is 0 Å². The maximum atomic E-state index is 6.36. The monoisotopic (exact) mass is 250 g/mol. The van der Waals surface area contributed by atoms with Crippen LogP contribution in [0.1, 0.15) is 24.5 Å². The number of rotatable bonds is 2. The van der Waals surface area contributed by atoms with Crippen molar-refractivity contribution in [3.05, 3.63) is 83.9 Å². The highest BCUT2D eigenvalue weighted by atomic mass is 16.5. The molecule has 19 heavy (non-hydrogen) atoms. The molecular formula is C18H18O. The van der Waals surface area contributed by atoms with Gasteiger partial charge in [-0.3, -0.25) is 0 Å². The molecule has 0 bridgehead atoms. The standard InChI is InChI=1S/C18H18O/c1-15-9-8-14-18(19-15,16-10-4-2-5-11-16)17-12-6-3-7-13-17/h2-8,10-15H,9H2,1H3. The summed E-state index contributed by atoms with van der Waals surface area (Å²) in [5, 5.41) is 0. The van der Waals surface area contributed by atoms with Gasteiger partial charge in [-0.2, -0.15) is 0 Å². The van der Waals surface area contributed by atoms with E-state index in [-0.39, 0.29) is 6.10 Å². The van der Waals surface area contributed by atoms with Crippen LogP contribution in [-0.2, 0) is 10.3 Å². The Morgan fingerprint density at radius 1 is 0.895 bits per heavy atom. The second-order valence-corrected chi connectivity index (χ2v) is 5.03. The van der Waals surface area contributed by atoms with Crippen LogP contribution in [0.2, 0.25) is 0 Å². The fraction of sp³-hybridized carbons (Fsp3) is 0.222. The molecule has 96 valence electrons. The lowest BCUT2D eigenvalue weighted by Crippen LogP contribution is -2.35. The highest BCUT2D eigenvalue weighted by Crippen LogP contribution is 2.39. The van der Waals surface area contributed by atoms with E-state index < -0.39 is 5.60 Å². The summed E-state index contributed by atoms with van der Waals surface area (Å²) in [5.41, 5.74) is 1.92. The topological polar surface area (TPSA) is 9.23 Å². The number of benzene rings is 2. The fourth-order valence-electron chi connectivity index (χ4n) is 2.70. The normalized spacial score (nSPS) is 21.2. The Bertz CT molecular complexity index is 517. The largest absolute Gasteiger partial charge is 0.358 e. The Morgan fingerprint density at radius 3 is 1.89 bits per heavy atom. The molecule has 1 atom stereocenters. The van der Waals surface area contributed by atoms with Crippen LogP contribution in [0.4, 0.5) is 0 Å². The quantitative estimate of drug-likeness (QED) is 0.722. The van der Waals surface area contributed by atoms with E-state index in [1.807, 2.05) is 12.1 Å². The van der Waals surface area contributed by atoms with Crippen molar-refractivity contribution < 1.29 is 4.74 Å². The van der Waals surface area contributed by atoms with E-state index in [9.17, 15) is 0 Å². The van der Waals surface area contributed by atoms with Crippen LogP contribution in [0, 0.1) is 0 Å². The first-order valence-electron chi connectivity index (χ1n) is 6.78. The molecule has 1 heteroatoms. The van der Waals surface area contributed by atoms with E-state index in [0.29, 0.717) is 0 Å². The first kappa shape index (κ1) is 12.2. The summed E-state index contributed by atoms with van der Waals surface area (Å²) in [5.74, 6) is 0. The molecule has 0 saturated heterocycles. The van der Waals surface area contributed by atoms with Crippen LogP contribution < -0.4 is 0 Å². The first-order valence-corrected chi connectivity index (χ1v) is 6.78. The predicted molar refractivity (Wildman–Crippen MR) is 78.0 cm³/mol. The zero-order valence-corrected chi connectivity index (χ0v) is 11.1. The molecule has 0 aromatic heterocycles. The van der Waals surface area contributed by atoms with Gasteiger partial charge in [-0.25, -0.2) is 0 Å². The summed E-state index contributed by atoms with van der Waals surface area (Å²) in [6.07, 6.45) is 5.62. The van der Waals surface area contributed by atoms with Crippen molar-refractivity contribution in [3.63, 3.8) is 0 Å². The molecule has 0 radical (unpaired) electrons. The highest BCUT2D eigenvalue weighted by Gasteiger charge is 2.36. The molecular weight excluding hydrogens is 232 g/mol. The molecule has 2 aromatic rings. The lowest BCUT2D eigenvalue weighted by atomic mass is 9.84. The molecule has 0 amide bonds. The Kier molecular flexibility index (Phi) is 3.22. The molecule has 0 saturated carbocycles. The van der Waals surface area contributed by atoms with Crippen molar-refractivity contribution in [2.75, 3.05) is 0 Å². The summed E-state index contributed by atoms with van der Waals surface area (Å²) in [6.45, 7) is 2.13. The summed E-state index contributed by atoms with van der Waals surface area (Å²) < 4.78 is 6.36. The van der Waals surface area contributed by atoms with Gasteiger partial charge in [0, 0.05) is 0 Å². The average molecular weight is 250 g/mol. The van der Waals surface area contributed by atoms with Gasteiger partial charge in [0.1, 0.15) is 5.60 Å². The van der Waals surface area contributed by atoms with E-state index in [4.69, 9.17) is 4.74 Å². The maximum Gasteiger partial charge on any atom is 0.137 e. The Labute approximate surface area is 114 Å². The van der Waals surface area contributed by atoms with E-state index in [1.54, 1.807) is 0 Å². The van der Waals surface area contributed by atoms with E-state index in [2.05, 4.69) is 67.6 Å². The second-order valence-electron chi connectivity index (χ2n) is 5.03. The van der Waals surface area contributed by atoms with Gasteiger partial charge in [0.25, 0.3) is 0 Å². The second kappa shape index (κ2) is 5.02. The zero-order valence-electron chi connectivity index (χ0n) is 11.1. The van der Waals surface area contributed by atoms with Gasteiger partial charge in [0.15, 0.2) is 0 Å². The van der Waals surface area contributed by atoms with Gasteiger partial charge in [-0.1, -0.05) is 66.7 Å². The van der Waals surface area contributed by atoms with Crippen molar-refractivity contribution in [3.8, 4) is 0 Å². The summed E-state index contributed by atoms with van der Waals surface area (Å²) in [6, 6.07) is 20.9. The Morgan fingerprint density at radius 2 is 1.42 bits per heavy atom. The van der Waals surface area contributed by atoms with Gasteiger partial charge in [0.2, 0.25) is 0 Å². The third kappa shape index (κ3) is 2.22. The SMILES string of the molecule is CC1CC=CC(c2ccccc2)(c2ccccc2)O1. The van der Waals surface area contributed by atoms with Gasteiger partial charge in [0.05, 0.1) is 6.10 Å². The zero-order chi connectivity index (χ0) is 13.1. The van der Waals surface area contributed by atoms with Crippen LogP contribution in [0.15, 0.2) is 72.8 Å². The van der Waals surface area contributed by atoms with E-state index >= 15 is 0 Å². The number of hydrogen-bond acceptors (Lipinski definition) is 1. The molecule has 2 aromatic carbocycles. The summed E-state index contributed by atoms with van der Waals surface area (Å²) in [4.78, 5) is 0. The number of hydrogen-bond donors (Lipinski definition) is 0. The van der Waals surface area contributed by atoms with Crippen LogP contribution in [0.3, 0.4) is 0 Å². The van der Waals surface area contributed by atoms with Crippen LogP contribution in [0.5, 0.6) is 0 Å². The van der Waals surface area contributed by atoms with Crippen LogP contribution >= 0.6 is 0 Å². The first-order chi connectivity index (χ1) is 9.31. The molecule has 0 spiro atoms. The van der Waals surface area contributed by atoms with E-state index in [1.165, 1.54) is 11.1 Å². The minimum Gasteiger partial charge on any atom is -0.358 e. The molecule has 1 aliphatic heterocycles. The maximum absolute atomic E-state index is 6.36. The molecule has 0 aliphatic carbocycles. The number of ether oxygens (including phenoxy) is 1. The minimum absolute atomic E-state index is 0.227. The predicted octanol–water partition coefficient (Wildman–Crippen LogP) is 4.30. The highest BCUT2D eigenvalue weighted by molar-refractivity contribution is 5.42. The van der Waals surface area contributed by atoms with Gasteiger partial charge < -0.3 is 4.74 Å². The smallest absolute Gasteiger partial charge is 0.137 e. The lowest BCUT2D eigenvalue weighted by molar-refractivity contribution is -0.0404. The fourth-order valence-corrected chi connectivity index (χ4v) is 2.70. The lowest BCUT2D eigenvalue weighted by Gasteiger charge is -2.37. The average Bonchev–Trinajstić information content (AvgIpc) is 2.49. The molecule has 0 fully saturated rings. The van der Waals surface area contributed by atoms with Crippen molar-refractivity contribution in [1.29, 1.82) is 0 Å². The van der Waals surface area contributed by atoms with Crippen molar-refractivity contribution in [2.45, 2.75) is 25.0 Å². The van der Waals surface area contributed by atoms with E-state index in [0.717, 1.165) is 6.42 Å². The molecule has 1 nitrogen and oxygen atoms in total. The molecule has 3 rings (SSSR count). The Hall–Kier alpha value is -1.86. The minimum atomic E-state index is -0.444. The van der Waals surface area contributed by atoms with Gasteiger partial charge in [-0.15, -0.1) is 0 Å². The van der Waals surface area contributed by atoms with Gasteiger partial charge >= 0.3 is 0 Å². The van der Waals surface area contributed by atoms with Crippen LogP contribution in [0.25, 0.3) is 0 Å². The van der Waals surface area contributed by atoms with Crippen molar-refractivity contribution in [1.82, 2.24) is 0 Å².